The maximum absolute atomic E-state index is 11.5. The molecule has 4 N–H and O–H groups in total. The van der Waals surface area contributed by atoms with Crippen molar-refractivity contribution in [3.63, 3.8) is 0 Å². The molecule has 0 unspecified atom stereocenters. The molecule has 0 saturated carbocycles. The van der Waals surface area contributed by atoms with Crippen LogP contribution in [-0.4, -0.2) is 38.3 Å². The van der Waals surface area contributed by atoms with Gasteiger partial charge in [-0.1, -0.05) is 67.2 Å². The lowest BCUT2D eigenvalue weighted by atomic mass is 9.65. The predicted octanol–water partition coefficient (Wildman–Crippen LogP) is 5.69. The van der Waals surface area contributed by atoms with Crippen LogP contribution in [0.5, 0.6) is 0 Å². The quantitative estimate of drug-likeness (QED) is 0.183. The summed E-state index contributed by atoms with van der Waals surface area (Å²) in [4.78, 5) is 34.6. The van der Waals surface area contributed by atoms with Crippen molar-refractivity contribution in [3.05, 3.63) is 148 Å². The van der Waals surface area contributed by atoms with Crippen LogP contribution in [0.4, 0.5) is 0 Å². The van der Waals surface area contributed by atoms with E-state index in [1.165, 1.54) is 36.4 Å². The number of carboxylic acid groups (broad SMARTS) is 3. The van der Waals surface area contributed by atoms with E-state index in [1.54, 1.807) is 60.7 Å². The fourth-order valence-corrected chi connectivity index (χ4v) is 4.50. The van der Waals surface area contributed by atoms with Crippen molar-refractivity contribution in [3.8, 4) is 0 Å². The Balaban J connectivity index is 2.09. The fourth-order valence-electron chi connectivity index (χ4n) is 4.50. The molecular formula is C30H22O7. The molecule has 0 radical (unpaired) electrons. The molecule has 0 bridgehead atoms. The molecule has 0 saturated heterocycles. The molecule has 184 valence electrons. The Morgan fingerprint density at radius 3 is 0.838 bits per heavy atom. The van der Waals surface area contributed by atoms with Crippen molar-refractivity contribution < 1.29 is 34.8 Å². The van der Waals surface area contributed by atoms with E-state index in [0.717, 1.165) is 0 Å². The van der Waals surface area contributed by atoms with Crippen molar-refractivity contribution in [1.29, 1.82) is 0 Å². The second kappa shape index (κ2) is 9.83. The first-order valence-corrected chi connectivity index (χ1v) is 11.1. The zero-order valence-corrected chi connectivity index (χ0v) is 19.5. The number of carbonyl (C=O) groups is 3. The normalized spacial score (nSPS) is 11.0. The average molecular weight is 494 g/mol. The summed E-state index contributed by atoms with van der Waals surface area (Å²) in [5.41, 5.74) is 2.39. The Morgan fingerprint density at radius 1 is 0.432 bits per heavy atom. The number of carboxylic acids is 3. The molecule has 7 nitrogen and oxygen atoms in total. The summed E-state index contributed by atoms with van der Waals surface area (Å²) in [6, 6.07) is 25.9. The summed E-state index contributed by atoms with van der Waals surface area (Å²) in [6.45, 7) is 3.56. The lowest BCUT2D eigenvalue weighted by molar-refractivity contribution is 0.0686. The van der Waals surface area contributed by atoms with Crippen molar-refractivity contribution >= 4 is 23.7 Å². The van der Waals surface area contributed by atoms with Gasteiger partial charge in [-0.15, -0.1) is 0 Å². The van der Waals surface area contributed by atoms with Gasteiger partial charge in [0.2, 0.25) is 0 Å². The topological polar surface area (TPSA) is 132 Å². The molecule has 0 aliphatic heterocycles. The van der Waals surface area contributed by atoms with Crippen LogP contribution in [0.2, 0.25) is 0 Å². The summed E-state index contributed by atoms with van der Waals surface area (Å²) >= 11 is 0. The van der Waals surface area contributed by atoms with Crippen molar-refractivity contribution in [2.45, 2.75) is 5.41 Å². The van der Waals surface area contributed by atoms with Gasteiger partial charge in [0.25, 0.3) is 0 Å². The molecule has 0 aliphatic rings. The highest BCUT2D eigenvalue weighted by Gasteiger charge is 2.38. The van der Waals surface area contributed by atoms with Gasteiger partial charge in [-0.3, -0.25) is 0 Å². The van der Waals surface area contributed by atoms with E-state index in [0.29, 0.717) is 27.8 Å². The van der Waals surface area contributed by atoms with E-state index in [2.05, 4.69) is 6.58 Å². The minimum absolute atomic E-state index is 0.0898. The summed E-state index contributed by atoms with van der Waals surface area (Å²) in [5.74, 6) is -3.36. The molecule has 0 spiro atoms. The van der Waals surface area contributed by atoms with E-state index in [-0.39, 0.29) is 22.4 Å². The van der Waals surface area contributed by atoms with E-state index >= 15 is 0 Å². The maximum atomic E-state index is 11.5. The first-order valence-electron chi connectivity index (χ1n) is 11.1. The largest absolute Gasteiger partial charge is 0.508 e. The number of hydrogen-bond donors (Lipinski definition) is 4. The van der Waals surface area contributed by atoms with Gasteiger partial charge in [-0.2, -0.15) is 0 Å². The molecule has 0 heterocycles. The van der Waals surface area contributed by atoms with Crippen LogP contribution in [0, 0.1) is 0 Å². The maximum Gasteiger partial charge on any atom is 0.335 e. The summed E-state index contributed by atoms with van der Waals surface area (Å²) < 4.78 is 0. The van der Waals surface area contributed by atoms with Crippen LogP contribution < -0.4 is 0 Å². The first-order chi connectivity index (χ1) is 17.6. The van der Waals surface area contributed by atoms with Crippen LogP contribution in [0.1, 0.15) is 58.9 Å². The lowest BCUT2D eigenvalue weighted by Gasteiger charge is -2.37. The van der Waals surface area contributed by atoms with Gasteiger partial charge < -0.3 is 20.4 Å². The van der Waals surface area contributed by atoms with Crippen molar-refractivity contribution in [2.24, 2.45) is 0 Å². The van der Waals surface area contributed by atoms with Crippen LogP contribution in [0.3, 0.4) is 0 Å². The van der Waals surface area contributed by atoms with Crippen molar-refractivity contribution in [1.82, 2.24) is 0 Å². The van der Waals surface area contributed by atoms with Gasteiger partial charge in [0.1, 0.15) is 5.76 Å². The number of hydrogen-bond acceptors (Lipinski definition) is 4. The Kier molecular flexibility index (Phi) is 6.63. The van der Waals surface area contributed by atoms with Crippen molar-refractivity contribution in [2.75, 3.05) is 0 Å². The molecule has 0 aliphatic carbocycles. The Hall–Kier alpha value is -5.17. The second-order valence-corrected chi connectivity index (χ2v) is 8.42. The van der Waals surface area contributed by atoms with E-state index in [1.807, 2.05) is 0 Å². The smallest absolute Gasteiger partial charge is 0.335 e. The molecule has 4 aromatic carbocycles. The molecule has 4 rings (SSSR count). The number of aliphatic hydroxyl groups is 1. The zero-order valence-electron chi connectivity index (χ0n) is 19.5. The Labute approximate surface area is 212 Å². The molecule has 7 heteroatoms. The van der Waals surface area contributed by atoms with E-state index in [9.17, 15) is 34.8 Å². The van der Waals surface area contributed by atoms with E-state index in [4.69, 9.17) is 0 Å². The number of aliphatic hydroxyl groups excluding tert-OH is 1. The van der Waals surface area contributed by atoms with Crippen LogP contribution >= 0.6 is 0 Å². The van der Waals surface area contributed by atoms with Gasteiger partial charge in [0.05, 0.1) is 22.1 Å². The number of rotatable bonds is 8. The summed E-state index contributed by atoms with van der Waals surface area (Å²) in [6.07, 6.45) is 0. The highest BCUT2D eigenvalue weighted by atomic mass is 16.4. The molecule has 0 aromatic heterocycles. The SMILES string of the molecule is C=C(O)c1ccc(C(c2ccc(C(=O)O)cc2)(c2ccc(C(=O)O)cc2)c2ccc(C(=O)O)cc2)cc1. The third kappa shape index (κ3) is 4.58. The predicted molar refractivity (Wildman–Crippen MR) is 137 cm³/mol. The average Bonchev–Trinajstić information content (AvgIpc) is 2.90. The number of aromatic carboxylic acids is 3. The van der Waals surface area contributed by atoms with Gasteiger partial charge in [0, 0.05) is 5.56 Å². The summed E-state index contributed by atoms with van der Waals surface area (Å²) in [5, 5.41) is 38.2. The second-order valence-electron chi connectivity index (χ2n) is 8.42. The zero-order chi connectivity index (χ0) is 26.7. The standard InChI is InChI=1S/C30H22O7/c1-18(31)19-2-10-23(11-3-19)30(24-12-4-20(5-13-24)27(32)33,25-14-6-21(7-15-25)28(34)35)26-16-8-22(9-17-26)29(36)37/h2-17,31H,1H2,(H,32,33)(H,34,35)(H,36,37). The minimum Gasteiger partial charge on any atom is -0.508 e. The Morgan fingerprint density at radius 2 is 0.649 bits per heavy atom. The van der Waals surface area contributed by atoms with Gasteiger partial charge >= 0.3 is 17.9 Å². The van der Waals surface area contributed by atoms with Gasteiger partial charge in [-0.25, -0.2) is 14.4 Å². The molecule has 0 atom stereocenters. The summed E-state index contributed by atoms with van der Waals surface area (Å²) in [7, 11) is 0. The highest BCUT2D eigenvalue weighted by molar-refractivity contribution is 5.89. The molecule has 4 aromatic rings. The fraction of sp³-hybridized carbons (Fsp3) is 0.0333. The molecule has 0 amide bonds. The minimum atomic E-state index is -1.10. The van der Waals surface area contributed by atoms with Crippen LogP contribution in [-0.2, 0) is 5.41 Å². The third-order valence-corrected chi connectivity index (χ3v) is 6.35. The molecular weight excluding hydrogens is 472 g/mol. The van der Waals surface area contributed by atoms with Crippen LogP contribution in [0.25, 0.3) is 5.76 Å². The van der Waals surface area contributed by atoms with Gasteiger partial charge in [0.15, 0.2) is 0 Å². The van der Waals surface area contributed by atoms with Crippen LogP contribution in [0.15, 0.2) is 104 Å². The Bertz CT molecular complexity index is 1250. The van der Waals surface area contributed by atoms with E-state index < -0.39 is 23.3 Å². The molecule has 0 fully saturated rings. The molecule has 37 heavy (non-hydrogen) atoms. The first kappa shape index (κ1) is 24.9. The lowest BCUT2D eigenvalue weighted by Crippen LogP contribution is -2.31. The highest BCUT2D eigenvalue weighted by Crippen LogP contribution is 2.45. The third-order valence-electron chi connectivity index (χ3n) is 6.35. The van der Waals surface area contributed by atoms with Gasteiger partial charge in [-0.05, 0) is 58.7 Å². The monoisotopic (exact) mass is 494 g/mol. The number of benzene rings is 4.